The topological polar surface area (TPSA) is 58.3 Å². The van der Waals surface area contributed by atoms with Crippen LogP contribution in [-0.2, 0) is 6.54 Å². The van der Waals surface area contributed by atoms with Crippen molar-refractivity contribution in [3.05, 3.63) is 53.7 Å². The zero-order valence-corrected chi connectivity index (χ0v) is 18.1. The number of piperidine rings is 1. The summed E-state index contributed by atoms with van der Waals surface area (Å²) in [6.07, 6.45) is 10.3. The summed E-state index contributed by atoms with van der Waals surface area (Å²) in [6, 6.07) is 10.7. The van der Waals surface area contributed by atoms with Crippen molar-refractivity contribution < 1.29 is 0 Å². The second-order valence-electron chi connectivity index (χ2n) is 9.19. The Morgan fingerprint density at radius 1 is 1.07 bits per heavy atom. The van der Waals surface area contributed by atoms with Crippen LogP contribution in [0.15, 0.2) is 42.6 Å². The number of benzene rings is 1. The number of hydrogen-bond acceptors (Lipinski definition) is 5. The van der Waals surface area contributed by atoms with E-state index in [1.807, 2.05) is 6.07 Å². The molecular formula is C24H35N5. The monoisotopic (exact) mass is 393 g/mol. The number of nitrogen functional groups attached to an aromatic ring is 1. The van der Waals surface area contributed by atoms with Gasteiger partial charge in [0.1, 0.15) is 5.82 Å². The highest BCUT2D eigenvalue weighted by Crippen LogP contribution is 2.23. The minimum Gasteiger partial charge on any atom is -0.368 e. The number of nitrogens with two attached hydrogens (primary N) is 1. The molecule has 3 rings (SSSR count). The number of anilines is 2. The third-order valence-electron chi connectivity index (χ3n) is 5.12. The second kappa shape index (κ2) is 9.88. The first-order valence-electron chi connectivity index (χ1n) is 10.7. The van der Waals surface area contributed by atoms with E-state index in [0.717, 1.165) is 25.5 Å². The molecule has 1 aliphatic heterocycles. The molecule has 156 valence electrons. The fraction of sp³-hybridized carbons (Fsp3) is 0.500. The molecule has 0 spiro atoms. The molecule has 0 atom stereocenters. The Morgan fingerprint density at radius 2 is 1.79 bits per heavy atom. The van der Waals surface area contributed by atoms with Crippen LogP contribution in [0.5, 0.6) is 0 Å². The lowest BCUT2D eigenvalue weighted by Gasteiger charge is -2.31. The lowest BCUT2D eigenvalue weighted by molar-refractivity contribution is 0.252. The van der Waals surface area contributed by atoms with Gasteiger partial charge in [0, 0.05) is 25.8 Å². The van der Waals surface area contributed by atoms with Crippen molar-refractivity contribution in [2.24, 2.45) is 5.41 Å². The van der Waals surface area contributed by atoms with Crippen LogP contribution in [0.25, 0.3) is 6.08 Å². The van der Waals surface area contributed by atoms with Crippen LogP contribution in [0.1, 0.15) is 51.2 Å². The summed E-state index contributed by atoms with van der Waals surface area (Å²) in [6.45, 7) is 11.9. The fourth-order valence-corrected chi connectivity index (χ4v) is 3.76. The average Bonchev–Trinajstić information content (AvgIpc) is 2.69. The van der Waals surface area contributed by atoms with Gasteiger partial charge in [0.15, 0.2) is 0 Å². The van der Waals surface area contributed by atoms with Gasteiger partial charge < -0.3 is 10.6 Å². The molecule has 2 aromatic rings. The van der Waals surface area contributed by atoms with Crippen molar-refractivity contribution in [1.29, 1.82) is 0 Å². The van der Waals surface area contributed by atoms with Crippen molar-refractivity contribution in [1.82, 2.24) is 14.9 Å². The maximum atomic E-state index is 5.81. The SMILES string of the molecule is CC(C)(C)CN(Cc1ccc(/C=C/CN2CCCCC2)cc1)c1ccnc(N)n1. The van der Waals surface area contributed by atoms with E-state index < -0.39 is 0 Å². The Bertz CT molecular complexity index is 786. The molecule has 1 aromatic heterocycles. The summed E-state index contributed by atoms with van der Waals surface area (Å²) in [5.41, 5.74) is 8.48. The van der Waals surface area contributed by atoms with E-state index in [1.54, 1.807) is 6.20 Å². The Morgan fingerprint density at radius 3 is 2.45 bits per heavy atom. The molecule has 5 heteroatoms. The van der Waals surface area contributed by atoms with Crippen LogP contribution in [0, 0.1) is 5.41 Å². The smallest absolute Gasteiger partial charge is 0.221 e. The maximum absolute atomic E-state index is 5.81. The van der Waals surface area contributed by atoms with Crippen LogP contribution in [-0.4, -0.2) is 41.0 Å². The summed E-state index contributed by atoms with van der Waals surface area (Å²) < 4.78 is 0. The van der Waals surface area contributed by atoms with Gasteiger partial charge in [0.05, 0.1) is 0 Å². The molecule has 1 aromatic carbocycles. The summed E-state index contributed by atoms with van der Waals surface area (Å²) in [5.74, 6) is 1.19. The quantitative estimate of drug-likeness (QED) is 0.744. The van der Waals surface area contributed by atoms with Gasteiger partial charge in [0.25, 0.3) is 0 Å². The minimum atomic E-state index is 0.150. The molecule has 0 bridgehead atoms. The van der Waals surface area contributed by atoms with Gasteiger partial charge in [-0.1, -0.05) is 63.6 Å². The Balaban J connectivity index is 1.63. The van der Waals surface area contributed by atoms with E-state index in [2.05, 4.69) is 77.0 Å². The Labute approximate surface area is 175 Å². The highest BCUT2D eigenvalue weighted by atomic mass is 15.2. The van der Waals surface area contributed by atoms with Gasteiger partial charge in [-0.2, -0.15) is 4.98 Å². The summed E-state index contributed by atoms with van der Waals surface area (Å²) >= 11 is 0. The summed E-state index contributed by atoms with van der Waals surface area (Å²) in [7, 11) is 0. The molecule has 0 aliphatic carbocycles. The van der Waals surface area contributed by atoms with Crippen molar-refractivity contribution in [3.8, 4) is 0 Å². The summed E-state index contributed by atoms with van der Waals surface area (Å²) in [5, 5.41) is 0. The van der Waals surface area contributed by atoms with E-state index in [-0.39, 0.29) is 5.41 Å². The predicted octanol–water partition coefficient (Wildman–Crippen LogP) is 4.61. The van der Waals surface area contributed by atoms with Crippen molar-refractivity contribution in [3.63, 3.8) is 0 Å². The molecule has 1 saturated heterocycles. The Kier molecular flexibility index (Phi) is 7.26. The second-order valence-corrected chi connectivity index (χ2v) is 9.19. The molecule has 1 fully saturated rings. The highest BCUT2D eigenvalue weighted by molar-refractivity contribution is 5.50. The standard InChI is InChI=1S/C24H35N5/c1-24(2,3)19-29(22-13-14-26-23(25)27-22)18-21-11-9-20(10-12-21)8-7-17-28-15-5-4-6-16-28/h7-14H,4-6,15-19H2,1-3H3,(H2,25,26,27)/b8-7+. The third-order valence-corrected chi connectivity index (χ3v) is 5.12. The minimum absolute atomic E-state index is 0.150. The largest absolute Gasteiger partial charge is 0.368 e. The van der Waals surface area contributed by atoms with Crippen LogP contribution < -0.4 is 10.6 Å². The number of rotatable bonds is 7. The lowest BCUT2D eigenvalue weighted by Crippen LogP contribution is -2.33. The first kappa shape index (κ1) is 21.3. The number of likely N-dealkylation sites (tertiary alicyclic amines) is 1. The number of hydrogen-bond donors (Lipinski definition) is 1. The van der Waals surface area contributed by atoms with E-state index in [0.29, 0.717) is 5.95 Å². The van der Waals surface area contributed by atoms with Crippen molar-refractivity contribution in [2.45, 2.75) is 46.6 Å². The van der Waals surface area contributed by atoms with Crippen molar-refractivity contribution >= 4 is 17.8 Å². The predicted molar refractivity (Wildman–Crippen MR) is 123 cm³/mol. The molecule has 2 N–H and O–H groups in total. The van der Waals surface area contributed by atoms with Crippen LogP contribution in [0.3, 0.4) is 0 Å². The summed E-state index contributed by atoms with van der Waals surface area (Å²) in [4.78, 5) is 13.3. The molecule has 1 aliphatic rings. The first-order valence-corrected chi connectivity index (χ1v) is 10.7. The number of nitrogens with zero attached hydrogens (tertiary/aromatic N) is 4. The fourth-order valence-electron chi connectivity index (χ4n) is 3.76. The lowest BCUT2D eigenvalue weighted by atomic mass is 9.95. The average molecular weight is 394 g/mol. The maximum Gasteiger partial charge on any atom is 0.221 e. The van der Waals surface area contributed by atoms with Gasteiger partial charge in [-0.05, 0) is 48.5 Å². The normalized spacial score (nSPS) is 15.7. The van der Waals surface area contributed by atoms with E-state index in [9.17, 15) is 0 Å². The molecule has 29 heavy (non-hydrogen) atoms. The van der Waals surface area contributed by atoms with Crippen LogP contribution in [0.2, 0.25) is 0 Å². The Hall–Kier alpha value is -2.40. The van der Waals surface area contributed by atoms with E-state index in [4.69, 9.17) is 5.73 Å². The molecule has 5 nitrogen and oxygen atoms in total. The van der Waals surface area contributed by atoms with Gasteiger partial charge in [-0.15, -0.1) is 0 Å². The zero-order valence-electron chi connectivity index (χ0n) is 18.1. The van der Waals surface area contributed by atoms with Crippen LogP contribution in [0.4, 0.5) is 11.8 Å². The third kappa shape index (κ3) is 7.17. The first-order chi connectivity index (χ1) is 13.9. The van der Waals surface area contributed by atoms with E-state index >= 15 is 0 Å². The van der Waals surface area contributed by atoms with Crippen LogP contribution >= 0.6 is 0 Å². The zero-order chi connectivity index (χ0) is 20.7. The van der Waals surface area contributed by atoms with Gasteiger partial charge in [-0.3, -0.25) is 4.90 Å². The molecule has 0 amide bonds. The molecular weight excluding hydrogens is 358 g/mol. The van der Waals surface area contributed by atoms with Gasteiger partial charge >= 0.3 is 0 Å². The number of aromatic nitrogens is 2. The van der Waals surface area contributed by atoms with Crippen molar-refractivity contribution in [2.75, 3.05) is 36.8 Å². The molecule has 2 heterocycles. The molecule has 0 unspecified atom stereocenters. The van der Waals surface area contributed by atoms with E-state index in [1.165, 1.54) is 43.5 Å². The highest BCUT2D eigenvalue weighted by Gasteiger charge is 2.18. The molecule has 0 radical (unpaired) electrons. The van der Waals surface area contributed by atoms with Gasteiger partial charge in [-0.25, -0.2) is 4.98 Å². The van der Waals surface area contributed by atoms with Gasteiger partial charge in [0.2, 0.25) is 5.95 Å². The molecule has 0 saturated carbocycles.